The molecule has 0 saturated heterocycles. The fraction of sp³-hybridized carbons (Fsp3) is 0.385. The van der Waals surface area contributed by atoms with Crippen LogP contribution in [-0.4, -0.2) is 23.0 Å². The molecule has 0 spiro atoms. The van der Waals surface area contributed by atoms with Crippen LogP contribution in [0, 0.1) is 0 Å². The molecular weight excluding hydrogens is 216 g/mol. The van der Waals surface area contributed by atoms with E-state index >= 15 is 0 Å². The molecule has 0 atom stereocenters. The minimum atomic E-state index is -0.413. The second-order valence-electron chi connectivity index (χ2n) is 3.55. The molecule has 0 aliphatic rings. The first-order chi connectivity index (χ1) is 7.86. The quantitative estimate of drug-likeness (QED) is 0.510. The van der Waals surface area contributed by atoms with Gasteiger partial charge in [-0.3, -0.25) is 0 Å². The number of hydrogen-bond acceptors (Lipinski definition) is 2. The molecule has 0 saturated carbocycles. The molecule has 0 aliphatic carbocycles. The Labute approximate surface area is 100 Å². The van der Waals surface area contributed by atoms with Crippen molar-refractivity contribution in [3.05, 3.63) is 42.0 Å². The summed E-state index contributed by atoms with van der Waals surface area (Å²) in [5.74, 6) is 0. The van der Waals surface area contributed by atoms with E-state index in [-0.39, 0.29) is 0 Å². The predicted octanol–water partition coefficient (Wildman–Crippen LogP) is 2.38. The van der Waals surface area contributed by atoms with Crippen molar-refractivity contribution in [2.75, 3.05) is 13.2 Å². The minimum Gasteiger partial charge on any atom is -0.420 e. The Hall–Kier alpha value is -0.903. The Balaban J connectivity index is 2.14. The monoisotopic (exact) mass is 236 g/mol. The lowest BCUT2D eigenvalue weighted by Crippen LogP contribution is -2.03. The van der Waals surface area contributed by atoms with Gasteiger partial charge in [0.2, 0.25) is 0 Å². The van der Waals surface area contributed by atoms with Gasteiger partial charge in [0, 0.05) is 13.2 Å². The highest BCUT2D eigenvalue weighted by Crippen LogP contribution is 2.06. The normalized spacial score (nSPS) is 11.1. The van der Waals surface area contributed by atoms with Crippen molar-refractivity contribution >= 4 is 15.8 Å². The van der Waals surface area contributed by atoms with Crippen molar-refractivity contribution in [1.29, 1.82) is 0 Å². The van der Waals surface area contributed by atoms with Gasteiger partial charge >= 0.3 is 0 Å². The van der Waals surface area contributed by atoms with E-state index in [0.717, 1.165) is 31.4 Å². The van der Waals surface area contributed by atoms with Gasteiger partial charge in [0.1, 0.15) is 0 Å². The van der Waals surface area contributed by atoms with Crippen LogP contribution < -0.4 is 0 Å². The van der Waals surface area contributed by atoms with Crippen LogP contribution in [0.25, 0.3) is 6.08 Å². The van der Waals surface area contributed by atoms with Gasteiger partial charge in [0.15, 0.2) is 9.76 Å². The summed E-state index contributed by atoms with van der Waals surface area (Å²) in [6.07, 6.45) is 1.85. The molecule has 0 fully saturated rings. The Kier molecular flexibility index (Phi) is 6.81. The summed E-state index contributed by atoms with van der Waals surface area (Å²) in [6.45, 7) is 8.12. The minimum absolute atomic E-state index is 0.413. The van der Waals surface area contributed by atoms with Crippen LogP contribution in [0.1, 0.15) is 18.1 Å². The lowest BCUT2D eigenvalue weighted by Gasteiger charge is -2.04. The van der Waals surface area contributed by atoms with Crippen LogP contribution in [-0.2, 0) is 15.8 Å². The van der Waals surface area contributed by atoms with E-state index in [1.54, 1.807) is 0 Å². The molecule has 1 aromatic carbocycles. The van der Waals surface area contributed by atoms with E-state index < -0.39 is 9.76 Å². The zero-order valence-corrected chi connectivity index (χ0v) is 11.4. The molecule has 1 aromatic rings. The summed E-state index contributed by atoms with van der Waals surface area (Å²) < 4.78 is 10.9. The molecule has 0 aromatic heterocycles. The Morgan fingerprint density at radius 2 is 2.06 bits per heavy atom. The van der Waals surface area contributed by atoms with Crippen molar-refractivity contribution in [3.8, 4) is 0 Å². The third-order valence-corrected chi connectivity index (χ3v) is 3.34. The number of ether oxygens (including phenoxy) is 1. The largest absolute Gasteiger partial charge is 0.420 e. The molecule has 0 bridgehead atoms. The van der Waals surface area contributed by atoms with Gasteiger partial charge in [-0.25, -0.2) is 0 Å². The summed E-state index contributed by atoms with van der Waals surface area (Å²) in [5.41, 5.74) is 2.38. The van der Waals surface area contributed by atoms with Crippen LogP contribution >= 0.6 is 0 Å². The van der Waals surface area contributed by atoms with Crippen molar-refractivity contribution in [1.82, 2.24) is 0 Å². The lowest BCUT2D eigenvalue weighted by molar-refractivity contribution is 0.159. The van der Waals surface area contributed by atoms with Crippen LogP contribution in [0.15, 0.2) is 30.8 Å². The van der Waals surface area contributed by atoms with E-state index in [2.05, 4.69) is 30.8 Å². The Morgan fingerprint density at radius 1 is 1.31 bits per heavy atom. The molecular formula is C13H20O2Si. The van der Waals surface area contributed by atoms with Crippen molar-refractivity contribution in [2.24, 2.45) is 0 Å². The van der Waals surface area contributed by atoms with Gasteiger partial charge in [0.05, 0.1) is 6.61 Å². The third kappa shape index (κ3) is 5.26. The van der Waals surface area contributed by atoms with Gasteiger partial charge in [-0.1, -0.05) is 36.9 Å². The average Bonchev–Trinajstić information content (AvgIpc) is 2.34. The SMILES string of the molecule is C=Cc1ccc(CO[SiH2]CCOCC)cc1. The molecule has 0 N–H and O–H groups in total. The van der Waals surface area contributed by atoms with Gasteiger partial charge in [-0.2, -0.15) is 0 Å². The number of hydrogen-bond donors (Lipinski definition) is 0. The zero-order chi connectivity index (χ0) is 11.6. The second kappa shape index (κ2) is 8.27. The standard InChI is InChI=1S/C13H20O2Si/c1-3-12-5-7-13(8-6-12)11-15-16-10-9-14-4-2/h3,5-8H,1,4,9-11,16H2,2H3. The number of rotatable bonds is 8. The third-order valence-electron chi connectivity index (χ3n) is 2.27. The van der Waals surface area contributed by atoms with Crippen LogP contribution in [0.2, 0.25) is 6.04 Å². The summed E-state index contributed by atoms with van der Waals surface area (Å²) in [4.78, 5) is 0. The van der Waals surface area contributed by atoms with Gasteiger partial charge < -0.3 is 9.16 Å². The maximum Gasteiger partial charge on any atom is 0.164 e. The molecule has 0 amide bonds. The zero-order valence-electron chi connectivity index (χ0n) is 9.95. The van der Waals surface area contributed by atoms with Crippen molar-refractivity contribution in [2.45, 2.75) is 19.6 Å². The summed E-state index contributed by atoms with van der Waals surface area (Å²) in [7, 11) is -0.413. The molecule has 0 radical (unpaired) electrons. The van der Waals surface area contributed by atoms with Crippen LogP contribution in [0.5, 0.6) is 0 Å². The highest BCUT2D eigenvalue weighted by molar-refractivity contribution is 6.27. The highest BCUT2D eigenvalue weighted by Gasteiger charge is 1.94. The molecule has 0 aliphatic heterocycles. The summed E-state index contributed by atoms with van der Waals surface area (Å²) >= 11 is 0. The molecule has 2 nitrogen and oxygen atoms in total. The van der Waals surface area contributed by atoms with E-state index in [9.17, 15) is 0 Å². The molecule has 1 rings (SSSR count). The average molecular weight is 236 g/mol. The Morgan fingerprint density at radius 3 is 2.69 bits per heavy atom. The predicted molar refractivity (Wildman–Crippen MR) is 71.2 cm³/mol. The van der Waals surface area contributed by atoms with Gasteiger partial charge in [-0.05, 0) is 24.1 Å². The first-order valence-electron chi connectivity index (χ1n) is 5.73. The summed E-state index contributed by atoms with van der Waals surface area (Å²) in [5, 5.41) is 0. The first kappa shape index (κ1) is 13.2. The molecule has 16 heavy (non-hydrogen) atoms. The highest BCUT2D eigenvalue weighted by atomic mass is 28.2. The topological polar surface area (TPSA) is 18.5 Å². The van der Waals surface area contributed by atoms with E-state index in [0.29, 0.717) is 0 Å². The molecule has 3 heteroatoms. The fourth-order valence-corrected chi connectivity index (χ4v) is 2.25. The first-order valence-corrected chi connectivity index (χ1v) is 7.31. The maximum atomic E-state index is 5.67. The Bertz CT molecular complexity index is 295. The molecule has 0 heterocycles. The second-order valence-corrected chi connectivity index (χ2v) is 5.07. The van der Waals surface area contributed by atoms with E-state index in [1.807, 2.05) is 13.0 Å². The van der Waals surface area contributed by atoms with Gasteiger partial charge in [-0.15, -0.1) is 0 Å². The van der Waals surface area contributed by atoms with Crippen molar-refractivity contribution < 1.29 is 9.16 Å². The summed E-state index contributed by atoms with van der Waals surface area (Å²) in [6, 6.07) is 9.40. The van der Waals surface area contributed by atoms with Crippen LogP contribution in [0.4, 0.5) is 0 Å². The maximum absolute atomic E-state index is 5.67. The van der Waals surface area contributed by atoms with Gasteiger partial charge in [0.25, 0.3) is 0 Å². The fourth-order valence-electron chi connectivity index (χ4n) is 1.35. The smallest absolute Gasteiger partial charge is 0.164 e. The van der Waals surface area contributed by atoms with E-state index in [1.165, 1.54) is 5.56 Å². The molecule has 0 unspecified atom stereocenters. The number of benzene rings is 1. The van der Waals surface area contributed by atoms with E-state index in [4.69, 9.17) is 9.16 Å². The molecule has 88 valence electrons. The van der Waals surface area contributed by atoms with Crippen LogP contribution in [0.3, 0.4) is 0 Å². The lowest BCUT2D eigenvalue weighted by atomic mass is 10.1. The van der Waals surface area contributed by atoms with Crippen molar-refractivity contribution in [3.63, 3.8) is 0 Å².